The van der Waals surface area contributed by atoms with Crippen molar-refractivity contribution in [1.29, 1.82) is 0 Å². The zero-order valence-corrected chi connectivity index (χ0v) is 9.84. The predicted molar refractivity (Wildman–Crippen MR) is 58.7 cm³/mol. The van der Waals surface area contributed by atoms with Gasteiger partial charge < -0.3 is 5.11 Å². The number of rotatable bonds is 2. The highest BCUT2D eigenvalue weighted by Crippen LogP contribution is 2.51. The summed E-state index contributed by atoms with van der Waals surface area (Å²) in [7, 11) is 0. The summed E-state index contributed by atoms with van der Waals surface area (Å²) < 4.78 is 0. The summed E-state index contributed by atoms with van der Waals surface area (Å²) in [5.41, 5.74) is 0.0588. The minimum Gasteiger partial charge on any atom is -0.480 e. The average molecular weight is 211 g/mol. The van der Waals surface area contributed by atoms with Crippen molar-refractivity contribution in [2.24, 2.45) is 11.3 Å². The Morgan fingerprint density at radius 1 is 1.33 bits per heavy atom. The first-order valence-electron chi connectivity index (χ1n) is 5.90. The summed E-state index contributed by atoms with van der Waals surface area (Å²) in [6.45, 7) is 6.50. The SMILES string of the molecule is CC(C)C12CCC(C)(CC1)[C@@H](C(=O)O)N2. The van der Waals surface area contributed by atoms with E-state index in [1.54, 1.807) is 0 Å². The molecule has 0 spiro atoms. The maximum atomic E-state index is 11.3. The Labute approximate surface area is 91.2 Å². The highest BCUT2D eigenvalue weighted by atomic mass is 16.4. The molecule has 0 aromatic carbocycles. The first-order chi connectivity index (χ1) is 6.90. The molecule has 0 aromatic heterocycles. The van der Waals surface area contributed by atoms with Crippen molar-refractivity contribution in [3.8, 4) is 0 Å². The summed E-state index contributed by atoms with van der Waals surface area (Å²) >= 11 is 0. The summed E-state index contributed by atoms with van der Waals surface area (Å²) in [6, 6.07) is -0.345. The van der Waals surface area contributed by atoms with Crippen LogP contribution in [0.2, 0.25) is 0 Å². The molecular weight excluding hydrogens is 190 g/mol. The zero-order valence-electron chi connectivity index (χ0n) is 9.84. The fraction of sp³-hybridized carbons (Fsp3) is 0.917. The van der Waals surface area contributed by atoms with Gasteiger partial charge in [-0.2, -0.15) is 0 Å². The normalized spacial score (nSPS) is 44.7. The van der Waals surface area contributed by atoms with Gasteiger partial charge in [0.25, 0.3) is 0 Å². The molecule has 2 bridgehead atoms. The fourth-order valence-electron chi connectivity index (χ4n) is 3.27. The minimum absolute atomic E-state index is 0.0253. The minimum atomic E-state index is -0.679. The van der Waals surface area contributed by atoms with Crippen molar-refractivity contribution in [1.82, 2.24) is 5.32 Å². The lowest BCUT2D eigenvalue weighted by atomic mass is 9.57. The average Bonchev–Trinajstić information content (AvgIpc) is 2.18. The van der Waals surface area contributed by atoms with Crippen LogP contribution in [0.5, 0.6) is 0 Å². The number of nitrogens with one attached hydrogen (secondary N) is 1. The lowest BCUT2D eigenvalue weighted by Crippen LogP contribution is -2.69. The third-order valence-corrected chi connectivity index (χ3v) is 4.77. The van der Waals surface area contributed by atoms with Gasteiger partial charge in [0.05, 0.1) is 0 Å². The molecule has 3 nitrogen and oxygen atoms in total. The van der Waals surface area contributed by atoms with Crippen LogP contribution < -0.4 is 5.32 Å². The van der Waals surface area contributed by atoms with Crippen molar-refractivity contribution in [3.63, 3.8) is 0 Å². The van der Waals surface area contributed by atoms with E-state index < -0.39 is 5.97 Å². The molecule has 2 aliphatic heterocycles. The highest BCUT2D eigenvalue weighted by molar-refractivity contribution is 5.75. The Bertz CT molecular complexity index is 277. The molecule has 0 amide bonds. The van der Waals surface area contributed by atoms with Crippen molar-refractivity contribution >= 4 is 5.97 Å². The van der Waals surface area contributed by atoms with E-state index in [1.165, 1.54) is 0 Å². The molecule has 86 valence electrons. The molecule has 3 rings (SSSR count). The quantitative estimate of drug-likeness (QED) is 0.734. The van der Waals surface area contributed by atoms with Gasteiger partial charge in [-0.3, -0.25) is 10.1 Å². The molecule has 2 saturated heterocycles. The first-order valence-corrected chi connectivity index (χ1v) is 5.90. The van der Waals surface area contributed by atoms with Gasteiger partial charge in [-0.05, 0) is 37.0 Å². The Kier molecular flexibility index (Phi) is 2.34. The predicted octanol–water partition coefficient (Wildman–Crippen LogP) is 2.02. The van der Waals surface area contributed by atoms with Crippen LogP contribution in [0.25, 0.3) is 0 Å². The van der Waals surface area contributed by atoms with Crippen molar-refractivity contribution < 1.29 is 9.90 Å². The van der Waals surface area contributed by atoms with Crippen LogP contribution in [0.1, 0.15) is 46.5 Å². The number of carboxylic acids is 1. The van der Waals surface area contributed by atoms with Gasteiger partial charge >= 0.3 is 5.97 Å². The Morgan fingerprint density at radius 2 is 1.87 bits per heavy atom. The van der Waals surface area contributed by atoms with Crippen LogP contribution in [0.4, 0.5) is 0 Å². The topological polar surface area (TPSA) is 49.3 Å². The molecule has 1 atom stereocenters. The number of carboxylic acid groups (broad SMARTS) is 1. The molecule has 15 heavy (non-hydrogen) atoms. The van der Waals surface area contributed by atoms with Gasteiger partial charge in [-0.1, -0.05) is 20.8 Å². The van der Waals surface area contributed by atoms with E-state index >= 15 is 0 Å². The summed E-state index contributed by atoms with van der Waals surface area (Å²) in [6.07, 6.45) is 4.36. The Hall–Kier alpha value is -0.570. The van der Waals surface area contributed by atoms with E-state index in [0.29, 0.717) is 5.92 Å². The highest BCUT2D eigenvalue weighted by Gasteiger charge is 2.55. The summed E-state index contributed by atoms with van der Waals surface area (Å²) in [5, 5.41) is 12.7. The van der Waals surface area contributed by atoms with Crippen molar-refractivity contribution in [3.05, 3.63) is 0 Å². The van der Waals surface area contributed by atoms with E-state index in [-0.39, 0.29) is 17.0 Å². The van der Waals surface area contributed by atoms with E-state index in [2.05, 4.69) is 26.1 Å². The number of fused-ring (bicyclic) bond motifs is 3. The molecule has 0 unspecified atom stereocenters. The molecule has 0 radical (unpaired) electrons. The number of hydrogen-bond acceptors (Lipinski definition) is 2. The van der Waals surface area contributed by atoms with Gasteiger partial charge in [-0.15, -0.1) is 0 Å². The largest absolute Gasteiger partial charge is 0.480 e. The molecule has 0 aromatic rings. The zero-order chi connectivity index (χ0) is 11.3. The van der Waals surface area contributed by atoms with Crippen LogP contribution in [-0.2, 0) is 4.79 Å². The molecule has 2 heterocycles. The van der Waals surface area contributed by atoms with Crippen LogP contribution in [0.15, 0.2) is 0 Å². The van der Waals surface area contributed by atoms with E-state index in [9.17, 15) is 9.90 Å². The maximum absolute atomic E-state index is 11.3. The molecule has 3 fully saturated rings. The van der Waals surface area contributed by atoms with Crippen molar-refractivity contribution in [2.45, 2.75) is 58.0 Å². The Morgan fingerprint density at radius 3 is 2.27 bits per heavy atom. The van der Waals surface area contributed by atoms with E-state index in [1.807, 2.05) is 0 Å². The maximum Gasteiger partial charge on any atom is 0.321 e. The second-order valence-corrected chi connectivity index (χ2v) is 5.88. The number of aliphatic carboxylic acids is 1. The third kappa shape index (κ3) is 1.48. The molecule has 2 N–H and O–H groups in total. The summed E-state index contributed by atoms with van der Waals surface area (Å²) in [5.74, 6) is -0.161. The monoisotopic (exact) mass is 211 g/mol. The summed E-state index contributed by atoms with van der Waals surface area (Å²) in [4.78, 5) is 11.3. The number of carbonyl (C=O) groups is 1. The molecule has 3 heteroatoms. The fourth-order valence-corrected chi connectivity index (χ4v) is 3.27. The lowest BCUT2D eigenvalue weighted by molar-refractivity contribution is -0.150. The van der Waals surface area contributed by atoms with Gasteiger partial charge in [-0.25, -0.2) is 0 Å². The van der Waals surface area contributed by atoms with Gasteiger partial charge in [0.15, 0.2) is 0 Å². The second-order valence-electron chi connectivity index (χ2n) is 5.88. The van der Waals surface area contributed by atoms with E-state index in [4.69, 9.17) is 0 Å². The van der Waals surface area contributed by atoms with Crippen LogP contribution >= 0.6 is 0 Å². The Balaban J connectivity index is 2.28. The molecular formula is C12H21NO2. The third-order valence-electron chi connectivity index (χ3n) is 4.77. The molecule has 3 aliphatic rings. The van der Waals surface area contributed by atoms with Gasteiger partial charge in [0.2, 0.25) is 0 Å². The van der Waals surface area contributed by atoms with Crippen molar-refractivity contribution in [2.75, 3.05) is 0 Å². The van der Waals surface area contributed by atoms with Crippen LogP contribution in [0, 0.1) is 11.3 Å². The number of hydrogen-bond donors (Lipinski definition) is 2. The van der Waals surface area contributed by atoms with Gasteiger partial charge in [0, 0.05) is 5.54 Å². The number of piperidine rings is 2. The van der Waals surface area contributed by atoms with Gasteiger partial charge in [0.1, 0.15) is 6.04 Å². The van der Waals surface area contributed by atoms with Crippen LogP contribution in [-0.4, -0.2) is 22.7 Å². The first kappa shape index (κ1) is 10.9. The van der Waals surface area contributed by atoms with Crippen LogP contribution in [0.3, 0.4) is 0 Å². The lowest BCUT2D eigenvalue weighted by Gasteiger charge is -2.57. The van der Waals surface area contributed by atoms with E-state index in [0.717, 1.165) is 25.7 Å². The second kappa shape index (κ2) is 3.21. The molecule has 1 aliphatic carbocycles. The standard InChI is InChI=1S/C12H21NO2/c1-8(2)12-6-4-11(3,5-7-12)9(13-12)10(14)15/h8-9,13H,4-7H2,1-3H3,(H,14,15)/t9-,11?,12?/m1/s1. The molecule has 1 saturated carbocycles. The smallest absolute Gasteiger partial charge is 0.321 e.